The van der Waals surface area contributed by atoms with Gasteiger partial charge in [-0.15, -0.1) is 0 Å². The predicted octanol–water partition coefficient (Wildman–Crippen LogP) is 2.25. The van der Waals surface area contributed by atoms with E-state index in [1.165, 1.54) is 10.7 Å². The molecule has 0 fully saturated rings. The molecule has 2 aromatic heterocycles. The highest BCUT2D eigenvalue weighted by Crippen LogP contribution is 2.37. The second kappa shape index (κ2) is 9.13. The molecule has 31 heavy (non-hydrogen) atoms. The molecule has 4 N–H and O–H groups in total. The van der Waals surface area contributed by atoms with Crippen LogP contribution in [0.2, 0.25) is 0 Å². The first-order chi connectivity index (χ1) is 14.8. The van der Waals surface area contributed by atoms with Crippen LogP contribution in [0.5, 0.6) is 5.75 Å². The van der Waals surface area contributed by atoms with Crippen LogP contribution in [0.25, 0.3) is 22.4 Å². The van der Waals surface area contributed by atoms with Gasteiger partial charge in [-0.25, -0.2) is 14.5 Å². The first-order valence-electron chi connectivity index (χ1n) is 9.75. The lowest BCUT2D eigenvalue weighted by Crippen LogP contribution is -2.20. The quantitative estimate of drug-likeness (QED) is 0.370. The van der Waals surface area contributed by atoms with Gasteiger partial charge in [-0.1, -0.05) is 6.92 Å². The van der Waals surface area contributed by atoms with Gasteiger partial charge < -0.3 is 25.5 Å². The number of carbonyl (C=O) groups excluding carboxylic acids is 1. The zero-order valence-corrected chi connectivity index (χ0v) is 18.6. The molecule has 0 amide bonds. The Kier molecular flexibility index (Phi) is 6.54. The summed E-state index contributed by atoms with van der Waals surface area (Å²) in [5.41, 5.74) is 7.28. The van der Waals surface area contributed by atoms with Crippen molar-refractivity contribution in [3.63, 3.8) is 0 Å². The number of carbonyl (C=O) groups is 1. The number of aryl methyl sites for hydroxylation is 2. The first kappa shape index (κ1) is 22.2. The average molecular weight is 445 g/mol. The highest BCUT2D eigenvalue weighted by Gasteiger charge is 2.22. The van der Waals surface area contributed by atoms with E-state index in [2.05, 4.69) is 20.4 Å². The number of H-pyrrole nitrogens is 1. The van der Waals surface area contributed by atoms with Gasteiger partial charge in [0.2, 0.25) is 0 Å². The molecule has 0 bridgehead atoms. The lowest BCUT2D eigenvalue weighted by atomic mass is 10.1. The van der Waals surface area contributed by atoms with E-state index in [0.717, 1.165) is 6.42 Å². The lowest BCUT2D eigenvalue weighted by Gasteiger charge is -2.17. The topological polar surface area (TPSA) is 137 Å². The Balaban J connectivity index is 2.32. The van der Waals surface area contributed by atoms with Crippen LogP contribution in [0, 0.1) is 6.92 Å². The molecule has 0 saturated heterocycles. The number of thiocarbonyl (C=S) groups is 1. The standard InChI is InChI=1S/C20H24N6O4S/c1-5-7-30-15-12(8-11(19(28)29-6-2)9-13(15)22-20(21)31)16-23-17-14(18(27)24-16)10(3)25-26(17)4/h8-9H,5-7H2,1-4H3,(H3,21,22,31)(H,23,24,27). The van der Waals surface area contributed by atoms with Crippen molar-refractivity contribution in [3.8, 4) is 17.1 Å². The van der Waals surface area contributed by atoms with E-state index in [9.17, 15) is 9.59 Å². The average Bonchev–Trinajstić information content (AvgIpc) is 3.00. The number of nitrogens with one attached hydrogen (secondary N) is 2. The van der Waals surface area contributed by atoms with Crippen molar-refractivity contribution >= 4 is 40.0 Å². The smallest absolute Gasteiger partial charge is 0.338 e. The number of nitrogens with zero attached hydrogens (tertiary/aromatic N) is 3. The summed E-state index contributed by atoms with van der Waals surface area (Å²) in [5, 5.41) is 7.49. The van der Waals surface area contributed by atoms with Crippen molar-refractivity contribution in [3.05, 3.63) is 33.7 Å². The predicted molar refractivity (Wildman–Crippen MR) is 121 cm³/mol. The zero-order chi connectivity index (χ0) is 22.7. The molecule has 164 valence electrons. The van der Waals surface area contributed by atoms with E-state index < -0.39 is 5.97 Å². The molecule has 10 nitrogen and oxygen atoms in total. The van der Waals surface area contributed by atoms with Crippen molar-refractivity contribution < 1.29 is 14.3 Å². The number of esters is 1. The summed E-state index contributed by atoms with van der Waals surface area (Å²) in [6.45, 7) is 5.99. The first-order valence-corrected chi connectivity index (χ1v) is 10.2. The van der Waals surface area contributed by atoms with Crippen LogP contribution in [0.3, 0.4) is 0 Å². The summed E-state index contributed by atoms with van der Waals surface area (Å²) in [6.07, 6.45) is 0.732. The number of aromatic nitrogens is 4. The van der Waals surface area contributed by atoms with Gasteiger partial charge in [0.05, 0.1) is 35.7 Å². The van der Waals surface area contributed by atoms with Gasteiger partial charge in [-0.3, -0.25) is 4.79 Å². The number of aromatic amines is 1. The molecule has 3 aromatic rings. The van der Waals surface area contributed by atoms with Gasteiger partial charge in [0.15, 0.2) is 16.5 Å². The van der Waals surface area contributed by atoms with Crippen LogP contribution < -0.4 is 21.3 Å². The lowest BCUT2D eigenvalue weighted by molar-refractivity contribution is 0.0526. The van der Waals surface area contributed by atoms with Crippen molar-refractivity contribution in [2.75, 3.05) is 18.5 Å². The van der Waals surface area contributed by atoms with Crippen LogP contribution in [0.1, 0.15) is 36.3 Å². The molecule has 2 heterocycles. The Morgan fingerprint density at radius 1 is 1.35 bits per heavy atom. The van der Waals surface area contributed by atoms with Gasteiger partial charge in [0.25, 0.3) is 5.56 Å². The molecule has 3 rings (SSSR count). The van der Waals surface area contributed by atoms with Gasteiger partial charge in [0.1, 0.15) is 11.2 Å². The van der Waals surface area contributed by atoms with Crippen molar-refractivity contribution in [2.45, 2.75) is 27.2 Å². The molecule has 0 saturated carbocycles. The Morgan fingerprint density at radius 3 is 2.74 bits per heavy atom. The molecule has 0 aliphatic heterocycles. The van der Waals surface area contributed by atoms with Gasteiger partial charge in [-0.2, -0.15) is 5.10 Å². The Hall–Kier alpha value is -3.47. The Morgan fingerprint density at radius 2 is 2.10 bits per heavy atom. The van der Waals surface area contributed by atoms with Crippen LogP contribution in [0.15, 0.2) is 16.9 Å². The van der Waals surface area contributed by atoms with E-state index in [1.54, 1.807) is 27.0 Å². The maximum atomic E-state index is 12.8. The van der Waals surface area contributed by atoms with E-state index in [0.29, 0.717) is 40.3 Å². The number of rotatable bonds is 7. The molecule has 0 radical (unpaired) electrons. The third kappa shape index (κ3) is 4.50. The second-order valence-electron chi connectivity index (χ2n) is 6.78. The monoisotopic (exact) mass is 444 g/mol. The third-order valence-corrected chi connectivity index (χ3v) is 4.53. The highest BCUT2D eigenvalue weighted by molar-refractivity contribution is 7.80. The number of benzene rings is 1. The molecule has 1 aromatic carbocycles. The largest absolute Gasteiger partial charge is 0.491 e. The summed E-state index contributed by atoms with van der Waals surface area (Å²) >= 11 is 4.98. The highest BCUT2D eigenvalue weighted by atomic mass is 32.1. The van der Waals surface area contributed by atoms with E-state index in [-0.39, 0.29) is 28.7 Å². The number of ether oxygens (including phenoxy) is 2. The molecule has 0 unspecified atom stereocenters. The summed E-state index contributed by atoms with van der Waals surface area (Å²) < 4.78 is 12.6. The van der Waals surface area contributed by atoms with E-state index in [4.69, 9.17) is 27.4 Å². The number of hydrogen-bond donors (Lipinski definition) is 3. The van der Waals surface area contributed by atoms with Crippen LogP contribution in [-0.4, -0.2) is 44.0 Å². The van der Waals surface area contributed by atoms with Crippen LogP contribution in [-0.2, 0) is 11.8 Å². The Bertz CT molecular complexity index is 1220. The molecular formula is C20H24N6O4S. The summed E-state index contributed by atoms with van der Waals surface area (Å²) in [7, 11) is 1.70. The van der Waals surface area contributed by atoms with Crippen molar-refractivity contribution in [1.29, 1.82) is 0 Å². The van der Waals surface area contributed by atoms with Gasteiger partial charge >= 0.3 is 5.97 Å². The zero-order valence-electron chi connectivity index (χ0n) is 17.7. The van der Waals surface area contributed by atoms with Crippen LogP contribution >= 0.6 is 12.2 Å². The molecule has 0 aliphatic rings. The molecular weight excluding hydrogens is 420 g/mol. The maximum absolute atomic E-state index is 12.8. The fraction of sp³-hybridized carbons (Fsp3) is 0.350. The van der Waals surface area contributed by atoms with Gasteiger partial charge in [-0.05, 0) is 44.6 Å². The van der Waals surface area contributed by atoms with Gasteiger partial charge in [0, 0.05) is 7.05 Å². The fourth-order valence-corrected chi connectivity index (χ4v) is 3.30. The number of hydrogen-bond acceptors (Lipinski definition) is 7. The normalized spacial score (nSPS) is 10.8. The van der Waals surface area contributed by atoms with E-state index in [1.807, 2.05) is 6.92 Å². The fourth-order valence-electron chi connectivity index (χ4n) is 3.19. The number of nitrogens with two attached hydrogens (primary N) is 1. The minimum atomic E-state index is -0.545. The number of anilines is 1. The summed E-state index contributed by atoms with van der Waals surface area (Å²) in [6, 6.07) is 3.09. The van der Waals surface area contributed by atoms with Crippen LogP contribution in [0.4, 0.5) is 5.69 Å². The SMILES string of the molecule is CCCOc1c(NC(N)=S)cc(C(=O)OCC)cc1-c1nc2c(c(C)nn2C)c(=O)[nH]1. The maximum Gasteiger partial charge on any atom is 0.338 e. The van der Waals surface area contributed by atoms with Crippen molar-refractivity contribution in [2.24, 2.45) is 12.8 Å². The molecule has 11 heteroatoms. The van der Waals surface area contributed by atoms with Crippen molar-refractivity contribution in [1.82, 2.24) is 19.7 Å². The number of fused-ring (bicyclic) bond motifs is 1. The van der Waals surface area contributed by atoms with E-state index >= 15 is 0 Å². The molecule has 0 atom stereocenters. The Labute approximate surface area is 183 Å². The minimum absolute atomic E-state index is 0.00697. The minimum Gasteiger partial charge on any atom is -0.491 e. The summed E-state index contributed by atoms with van der Waals surface area (Å²) in [4.78, 5) is 32.6. The molecule has 0 spiro atoms. The second-order valence-corrected chi connectivity index (χ2v) is 7.22. The third-order valence-electron chi connectivity index (χ3n) is 4.43. The molecule has 0 aliphatic carbocycles. The summed E-state index contributed by atoms with van der Waals surface area (Å²) in [5.74, 6) is 0.0180.